The van der Waals surface area contributed by atoms with E-state index in [9.17, 15) is 4.79 Å². The first kappa shape index (κ1) is 14.6. The summed E-state index contributed by atoms with van der Waals surface area (Å²) in [6, 6.07) is 4.79. The van der Waals surface area contributed by atoms with Crippen molar-refractivity contribution in [3.8, 4) is 0 Å². The van der Waals surface area contributed by atoms with Gasteiger partial charge in [-0.2, -0.15) is 0 Å². The molecular weight excluding hydrogens is 280 g/mol. The number of hydrogen-bond donors (Lipinski definition) is 1. The first-order chi connectivity index (χ1) is 7.91. The third-order valence-electron chi connectivity index (χ3n) is 2.66. The van der Waals surface area contributed by atoms with Crippen molar-refractivity contribution < 1.29 is 4.79 Å². The molecule has 1 aromatic carbocycles. The molecule has 17 heavy (non-hydrogen) atoms. The lowest BCUT2D eigenvalue weighted by Crippen LogP contribution is -2.47. The number of nitrogens with one attached hydrogen (secondary N) is 1. The average Bonchev–Trinajstić information content (AvgIpc) is 2.32. The summed E-state index contributed by atoms with van der Waals surface area (Å²) in [5.41, 5.74) is -0.0754. The van der Waals surface area contributed by atoms with E-state index in [0.717, 1.165) is 6.42 Å². The fraction of sp³-hybridized carbons (Fsp3) is 0.417. The Balaban J connectivity index is 2.94. The molecule has 0 saturated carbocycles. The molecule has 5 heteroatoms. The number of hydrogen-bond acceptors (Lipinski definition) is 1. The Morgan fingerprint density at radius 1 is 1.41 bits per heavy atom. The van der Waals surface area contributed by atoms with Crippen LogP contribution in [0.5, 0.6) is 0 Å². The zero-order valence-electron chi connectivity index (χ0n) is 9.69. The van der Waals surface area contributed by atoms with E-state index in [1.165, 1.54) is 0 Å². The van der Waals surface area contributed by atoms with Gasteiger partial charge in [0.15, 0.2) is 0 Å². The van der Waals surface area contributed by atoms with Gasteiger partial charge in [-0.1, -0.05) is 30.1 Å². The summed E-state index contributed by atoms with van der Waals surface area (Å²) in [7, 11) is 0. The third kappa shape index (κ3) is 3.77. The summed E-state index contributed by atoms with van der Waals surface area (Å²) in [4.78, 5) is 12.0. The molecule has 0 radical (unpaired) electrons. The monoisotopic (exact) mass is 293 g/mol. The molecule has 0 fully saturated rings. The highest BCUT2D eigenvalue weighted by Gasteiger charge is 2.24. The Hall–Kier alpha value is -0.440. The lowest BCUT2D eigenvalue weighted by atomic mass is 10.0. The molecule has 0 aromatic heterocycles. The van der Waals surface area contributed by atoms with Crippen molar-refractivity contribution in [3.63, 3.8) is 0 Å². The van der Waals surface area contributed by atoms with Gasteiger partial charge < -0.3 is 5.32 Å². The number of carbonyl (C=O) groups is 1. The SMILES string of the molecule is CCC(C)(CCl)NC(=O)c1cc(Cl)ccc1Cl. The predicted molar refractivity (Wildman–Crippen MR) is 73.3 cm³/mol. The predicted octanol–water partition coefficient (Wildman–Crippen LogP) is 4.13. The van der Waals surface area contributed by atoms with Gasteiger partial charge in [-0.3, -0.25) is 4.79 Å². The van der Waals surface area contributed by atoms with Crippen LogP contribution in [0.15, 0.2) is 18.2 Å². The molecule has 0 aliphatic carbocycles. The molecule has 0 aliphatic heterocycles. The second-order valence-electron chi connectivity index (χ2n) is 4.13. The zero-order chi connectivity index (χ0) is 13.1. The van der Waals surface area contributed by atoms with E-state index in [1.807, 2.05) is 13.8 Å². The molecule has 1 aromatic rings. The fourth-order valence-electron chi connectivity index (χ4n) is 1.23. The van der Waals surface area contributed by atoms with Gasteiger partial charge in [-0.15, -0.1) is 11.6 Å². The van der Waals surface area contributed by atoms with Gasteiger partial charge in [0, 0.05) is 10.9 Å². The minimum Gasteiger partial charge on any atom is -0.346 e. The van der Waals surface area contributed by atoms with Crippen molar-refractivity contribution in [2.45, 2.75) is 25.8 Å². The summed E-state index contributed by atoms with van der Waals surface area (Å²) < 4.78 is 0. The lowest BCUT2D eigenvalue weighted by Gasteiger charge is -2.27. The number of halogens is 3. The Bertz CT molecular complexity index is 416. The highest BCUT2D eigenvalue weighted by Crippen LogP contribution is 2.22. The Morgan fingerprint density at radius 3 is 2.59 bits per heavy atom. The van der Waals surface area contributed by atoms with Gasteiger partial charge in [-0.05, 0) is 31.5 Å². The van der Waals surface area contributed by atoms with Crippen LogP contribution in [0.3, 0.4) is 0 Å². The molecular formula is C12H14Cl3NO. The summed E-state index contributed by atoms with van der Waals surface area (Å²) in [6.07, 6.45) is 0.737. The largest absolute Gasteiger partial charge is 0.346 e. The van der Waals surface area contributed by atoms with Gasteiger partial charge in [0.2, 0.25) is 0 Å². The van der Waals surface area contributed by atoms with Gasteiger partial charge >= 0.3 is 0 Å². The van der Waals surface area contributed by atoms with Crippen LogP contribution in [-0.2, 0) is 0 Å². The van der Waals surface area contributed by atoms with Crippen LogP contribution in [0.2, 0.25) is 10.0 Å². The van der Waals surface area contributed by atoms with E-state index >= 15 is 0 Å². The fourth-order valence-corrected chi connectivity index (χ4v) is 1.86. The van der Waals surface area contributed by atoms with Gasteiger partial charge in [0.05, 0.1) is 16.1 Å². The molecule has 0 aliphatic rings. The van der Waals surface area contributed by atoms with E-state index in [4.69, 9.17) is 34.8 Å². The topological polar surface area (TPSA) is 29.1 Å². The number of rotatable bonds is 4. The van der Waals surface area contributed by atoms with Crippen molar-refractivity contribution in [2.75, 3.05) is 5.88 Å². The van der Waals surface area contributed by atoms with E-state index in [2.05, 4.69) is 5.32 Å². The molecule has 0 bridgehead atoms. The maximum atomic E-state index is 12.0. The molecule has 1 unspecified atom stereocenters. The molecule has 94 valence electrons. The van der Waals surface area contributed by atoms with Crippen molar-refractivity contribution >= 4 is 40.7 Å². The molecule has 0 spiro atoms. The zero-order valence-corrected chi connectivity index (χ0v) is 12.0. The molecule has 2 nitrogen and oxygen atoms in total. The molecule has 0 heterocycles. The Morgan fingerprint density at radius 2 is 2.06 bits per heavy atom. The highest BCUT2D eigenvalue weighted by atomic mass is 35.5. The summed E-state index contributed by atoms with van der Waals surface area (Å²) in [6.45, 7) is 3.85. The van der Waals surface area contributed by atoms with Crippen LogP contribution in [0.25, 0.3) is 0 Å². The quantitative estimate of drug-likeness (QED) is 0.831. The third-order valence-corrected chi connectivity index (χ3v) is 3.82. The van der Waals surface area contributed by atoms with E-state index < -0.39 is 5.54 Å². The standard InChI is InChI=1S/C12H14Cl3NO/c1-3-12(2,7-13)16-11(17)9-6-8(14)4-5-10(9)15/h4-6H,3,7H2,1-2H3,(H,16,17). The first-order valence-corrected chi connectivity index (χ1v) is 6.54. The number of amides is 1. The van der Waals surface area contributed by atoms with Crippen LogP contribution in [0.4, 0.5) is 0 Å². The molecule has 0 saturated heterocycles. The van der Waals surface area contributed by atoms with Crippen molar-refractivity contribution in [1.29, 1.82) is 0 Å². The summed E-state index contributed by atoms with van der Waals surface area (Å²) >= 11 is 17.6. The van der Waals surface area contributed by atoms with Crippen molar-refractivity contribution in [3.05, 3.63) is 33.8 Å². The summed E-state index contributed by atoms with van der Waals surface area (Å²) in [5, 5.41) is 3.71. The highest BCUT2D eigenvalue weighted by molar-refractivity contribution is 6.35. The number of carbonyl (C=O) groups excluding carboxylic acids is 1. The van der Waals surface area contributed by atoms with E-state index in [1.54, 1.807) is 18.2 Å². The van der Waals surface area contributed by atoms with Crippen LogP contribution >= 0.6 is 34.8 Å². The molecule has 1 atom stereocenters. The number of alkyl halides is 1. The van der Waals surface area contributed by atoms with Crippen LogP contribution in [0, 0.1) is 0 Å². The minimum absolute atomic E-state index is 0.262. The second-order valence-corrected chi connectivity index (χ2v) is 5.24. The van der Waals surface area contributed by atoms with E-state index in [-0.39, 0.29) is 5.91 Å². The second kappa shape index (κ2) is 5.94. The minimum atomic E-state index is -0.440. The van der Waals surface area contributed by atoms with Gasteiger partial charge in [0.1, 0.15) is 0 Å². The van der Waals surface area contributed by atoms with E-state index in [0.29, 0.717) is 21.5 Å². The summed E-state index contributed by atoms with van der Waals surface area (Å²) in [5.74, 6) is 0.0791. The normalized spacial score (nSPS) is 14.2. The maximum Gasteiger partial charge on any atom is 0.253 e. The van der Waals surface area contributed by atoms with Crippen molar-refractivity contribution in [2.24, 2.45) is 0 Å². The van der Waals surface area contributed by atoms with Crippen molar-refractivity contribution in [1.82, 2.24) is 5.32 Å². The lowest BCUT2D eigenvalue weighted by molar-refractivity contribution is 0.0912. The number of benzene rings is 1. The van der Waals surface area contributed by atoms with Gasteiger partial charge in [-0.25, -0.2) is 0 Å². The molecule has 1 rings (SSSR count). The first-order valence-electron chi connectivity index (χ1n) is 5.25. The van der Waals surface area contributed by atoms with Crippen LogP contribution < -0.4 is 5.32 Å². The maximum absolute atomic E-state index is 12.0. The smallest absolute Gasteiger partial charge is 0.253 e. The van der Waals surface area contributed by atoms with Gasteiger partial charge in [0.25, 0.3) is 5.91 Å². The average molecular weight is 295 g/mol. The Labute approximate surface area is 116 Å². The molecule has 1 amide bonds. The Kier molecular flexibility index (Phi) is 5.11. The van der Waals surface area contributed by atoms with Crippen LogP contribution in [0.1, 0.15) is 30.6 Å². The van der Waals surface area contributed by atoms with Crippen LogP contribution in [-0.4, -0.2) is 17.3 Å². The molecule has 1 N–H and O–H groups in total.